The number of ether oxygens (including phenoxy) is 2. The minimum Gasteiger partial charge on any atom is -0.379 e. The molecule has 0 aliphatic carbocycles. The molecule has 2 atom stereocenters. The molecule has 1 aliphatic heterocycles. The minimum absolute atomic E-state index is 0.247. The molecular formula is C17H24N2O2. The smallest absolute Gasteiger partial charge is 0.0991 e. The van der Waals surface area contributed by atoms with Gasteiger partial charge in [0.2, 0.25) is 0 Å². The second-order valence-electron chi connectivity index (χ2n) is 5.48. The van der Waals surface area contributed by atoms with Crippen molar-refractivity contribution in [1.82, 2.24) is 5.32 Å². The van der Waals surface area contributed by atoms with E-state index in [4.69, 9.17) is 14.7 Å². The molecular weight excluding hydrogens is 264 g/mol. The summed E-state index contributed by atoms with van der Waals surface area (Å²) >= 11 is 0. The highest BCUT2D eigenvalue weighted by molar-refractivity contribution is 5.33. The normalized spacial score (nSPS) is 19.3. The van der Waals surface area contributed by atoms with Crippen LogP contribution in [0.15, 0.2) is 24.3 Å². The SMILES string of the molecule is CC(NCCCOCC1CCCO1)c1cccc(C#N)c1. The summed E-state index contributed by atoms with van der Waals surface area (Å²) < 4.78 is 11.1. The molecule has 0 bridgehead atoms. The van der Waals surface area contributed by atoms with Crippen LogP contribution in [0, 0.1) is 11.3 Å². The highest BCUT2D eigenvalue weighted by Gasteiger charge is 2.14. The van der Waals surface area contributed by atoms with Crippen molar-refractivity contribution in [2.24, 2.45) is 0 Å². The van der Waals surface area contributed by atoms with E-state index in [1.54, 1.807) is 0 Å². The summed E-state index contributed by atoms with van der Waals surface area (Å²) in [7, 11) is 0. The average molecular weight is 288 g/mol. The van der Waals surface area contributed by atoms with Crippen molar-refractivity contribution in [3.8, 4) is 6.07 Å². The van der Waals surface area contributed by atoms with Gasteiger partial charge in [-0.1, -0.05) is 12.1 Å². The molecule has 0 saturated carbocycles. The third kappa shape index (κ3) is 5.47. The molecule has 0 aromatic heterocycles. The molecule has 21 heavy (non-hydrogen) atoms. The lowest BCUT2D eigenvalue weighted by atomic mass is 10.1. The fourth-order valence-corrected chi connectivity index (χ4v) is 2.48. The van der Waals surface area contributed by atoms with E-state index < -0.39 is 0 Å². The lowest BCUT2D eigenvalue weighted by Crippen LogP contribution is -2.22. The van der Waals surface area contributed by atoms with E-state index in [1.807, 2.05) is 24.3 Å². The van der Waals surface area contributed by atoms with Crippen LogP contribution >= 0.6 is 0 Å². The van der Waals surface area contributed by atoms with Crippen LogP contribution in [-0.2, 0) is 9.47 Å². The average Bonchev–Trinajstić information content (AvgIpc) is 3.04. The number of nitriles is 1. The summed E-state index contributed by atoms with van der Waals surface area (Å²) in [5.41, 5.74) is 1.86. The Bertz CT molecular complexity index is 464. The van der Waals surface area contributed by atoms with Crippen LogP contribution in [0.3, 0.4) is 0 Å². The van der Waals surface area contributed by atoms with Crippen molar-refractivity contribution in [3.05, 3.63) is 35.4 Å². The Morgan fingerprint density at radius 2 is 2.43 bits per heavy atom. The van der Waals surface area contributed by atoms with Gasteiger partial charge in [0.05, 0.1) is 24.3 Å². The molecule has 1 aromatic rings. The summed E-state index contributed by atoms with van der Waals surface area (Å²) in [4.78, 5) is 0. The minimum atomic E-state index is 0.247. The molecule has 1 heterocycles. The van der Waals surface area contributed by atoms with Crippen molar-refractivity contribution >= 4 is 0 Å². The van der Waals surface area contributed by atoms with Crippen LogP contribution < -0.4 is 5.32 Å². The van der Waals surface area contributed by atoms with Crippen molar-refractivity contribution < 1.29 is 9.47 Å². The van der Waals surface area contributed by atoms with Gasteiger partial charge in [0, 0.05) is 19.3 Å². The van der Waals surface area contributed by atoms with E-state index in [0.717, 1.165) is 51.2 Å². The number of hydrogen-bond donors (Lipinski definition) is 1. The van der Waals surface area contributed by atoms with E-state index >= 15 is 0 Å². The second-order valence-corrected chi connectivity index (χ2v) is 5.48. The third-order valence-electron chi connectivity index (χ3n) is 3.76. The Morgan fingerprint density at radius 1 is 1.52 bits per heavy atom. The van der Waals surface area contributed by atoms with Gasteiger partial charge >= 0.3 is 0 Å². The van der Waals surface area contributed by atoms with Gasteiger partial charge in [-0.25, -0.2) is 0 Å². The first-order valence-corrected chi connectivity index (χ1v) is 7.72. The van der Waals surface area contributed by atoms with Crippen molar-refractivity contribution in [1.29, 1.82) is 5.26 Å². The van der Waals surface area contributed by atoms with Gasteiger partial charge in [-0.05, 0) is 50.4 Å². The molecule has 114 valence electrons. The predicted octanol–water partition coefficient (Wildman–Crippen LogP) is 2.79. The number of benzene rings is 1. The lowest BCUT2D eigenvalue weighted by Gasteiger charge is -2.15. The molecule has 2 unspecified atom stereocenters. The summed E-state index contributed by atoms with van der Waals surface area (Å²) in [6, 6.07) is 10.2. The summed E-state index contributed by atoms with van der Waals surface area (Å²) in [6.07, 6.45) is 3.58. The molecule has 1 fully saturated rings. The molecule has 1 saturated heterocycles. The maximum Gasteiger partial charge on any atom is 0.0991 e. The van der Waals surface area contributed by atoms with E-state index in [-0.39, 0.29) is 6.04 Å². The topological polar surface area (TPSA) is 54.3 Å². The van der Waals surface area contributed by atoms with E-state index in [0.29, 0.717) is 11.7 Å². The van der Waals surface area contributed by atoms with Crippen molar-refractivity contribution in [2.45, 2.75) is 38.3 Å². The summed E-state index contributed by atoms with van der Waals surface area (Å²) in [6.45, 7) is 5.39. The second kappa shape index (κ2) is 8.78. The fourth-order valence-electron chi connectivity index (χ4n) is 2.48. The summed E-state index contributed by atoms with van der Waals surface area (Å²) in [5, 5.41) is 12.4. The van der Waals surface area contributed by atoms with Gasteiger partial charge in [0.25, 0.3) is 0 Å². The van der Waals surface area contributed by atoms with Crippen LogP contribution in [0.1, 0.15) is 43.4 Å². The third-order valence-corrected chi connectivity index (χ3v) is 3.76. The predicted molar refractivity (Wildman–Crippen MR) is 82.0 cm³/mol. The molecule has 4 heteroatoms. The molecule has 1 aromatic carbocycles. The van der Waals surface area contributed by atoms with E-state index in [9.17, 15) is 0 Å². The maximum absolute atomic E-state index is 8.91. The van der Waals surface area contributed by atoms with Crippen molar-refractivity contribution in [3.63, 3.8) is 0 Å². The fraction of sp³-hybridized carbons (Fsp3) is 0.588. The van der Waals surface area contributed by atoms with Gasteiger partial charge in [-0.2, -0.15) is 5.26 Å². The zero-order chi connectivity index (χ0) is 14.9. The Kier molecular flexibility index (Phi) is 6.68. The summed E-state index contributed by atoms with van der Waals surface area (Å²) in [5.74, 6) is 0. The first-order chi connectivity index (χ1) is 10.3. The van der Waals surface area contributed by atoms with Crippen LogP contribution in [-0.4, -0.2) is 32.5 Å². The van der Waals surface area contributed by atoms with Gasteiger partial charge in [0.15, 0.2) is 0 Å². The van der Waals surface area contributed by atoms with Gasteiger partial charge < -0.3 is 14.8 Å². The number of hydrogen-bond acceptors (Lipinski definition) is 4. The zero-order valence-electron chi connectivity index (χ0n) is 12.7. The zero-order valence-corrected chi connectivity index (χ0v) is 12.7. The standard InChI is InChI=1S/C17H24N2O2/c1-14(16-6-2-5-15(11-16)12-18)19-8-4-9-20-13-17-7-3-10-21-17/h2,5-6,11,14,17,19H,3-4,7-10,13H2,1H3. The van der Waals surface area contributed by atoms with Crippen molar-refractivity contribution in [2.75, 3.05) is 26.4 Å². The monoisotopic (exact) mass is 288 g/mol. The van der Waals surface area contributed by atoms with Crippen LogP contribution in [0.4, 0.5) is 0 Å². The Hall–Kier alpha value is -1.41. The van der Waals surface area contributed by atoms with Crippen LogP contribution in [0.25, 0.3) is 0 Å². The number of nitrogens with one attached hydrogen (secondary N) is 1. The highest BCUT2D eigenvalue weighted by atomic mass is 16.5. The maximum atomic E-state index is 8.91. The van der Waals surface area contributed by atoms with Gasteiger partial charge in [-0.3, -0.25) is 0 Å². The number of rotatable bonds is 8. The molecule has 0 radical (unpaired) electrons. The van der Waals surface area contributed by atoms with Crippen LogP contribution in [0.2, 0.25) is 0 Å². The highest BCUT2D eigenvalue weighted by Crippen LogP contribution is 2.14. The number of nitrogens with zero attached hydrogens (tertiary/aromatic N) is 1. The molecule has 1 N–H and O–H groups in total. The lowest BCUT2D eigenvalue weighted by molar-refractivity contribution is 0.0165. The molecule has 1 aliphatic rings. The van der Waals surface area contributed by atoms with Gasteiger partial charge in [0.1, 0.15) is 0 Å². The van der Waals surface area contributed by atoms with Gasteiger partial charge in [-0.15, -0.1) is 0 Å². The first-order valence-electron chi connectivity index (χ1n) is 7.72. The van der Waals surface area contributed by atoms with Crippen LogP contribution in [0.5, 0.6) is 0 Å². The molecule has 4 nitrogen and oxygen atoms in total. The Balaban J connectivity index is 1.58. The molecule has 2 rings (SSSR count). The molecule has 0 spiro atoms. The van der Waals surface area contributed by atoms with E-state index in [2.05, 4.69) is 18.3 Å². The largest absolute Gasteiger partial charge is 0.379 e. The Morgan fingerprint density at radius 3 is 3.19 bits per heavy atom. The quantitative estimate of drug-likeness (QED) is 0.747. The van der Waals surface area contributed by atoms with E-state index in [1.165, 1.54) is 0 Å². The molecule has 0 amide bonds. The first kappa shape index (κ1) is 16.0. The Labute approximate surface area is 127 Å².